The van der Waals surface area contributed by atoms with Gasteiger partial charge in [-0.3, -0.25) is 0 Å². The molecule has 0 spiro atoms. The molecule has 1 aliphatic carbocycles. The minimum Gasteiger partial charge on any atom is -0.335 e. The molecule has 1 aromatic heterocycles. The van der Waals surface area contributed by atoms with Crippen molar-refractivity contribution in [2.75, 3.05) is 5.32 Å². The highest BCUT2D eigenvalue weighted by Crippen LogP contribution is 2.41. The molecule has 0 radical (unpaired) electrons. The van der Waals surface area contributed by atoms with Crippen LogP contribution < -0.4 is 5.32 Å². The van der Waals surface area contributed by atoms with Crippen LogP contribution >= 0.6 is 11.3 Å². The van der Waals surface area contributed by atoms with Crippen molar-refractivity contribution in [1.82, 2.24) is 10.2 Å². The summed E-state index contributed by atoms with van der Waals surface area (Å²) in [5, 5.41) is 29.4. The highest BCUT2D eigenvalue weighted by molar-refractivity contribution is 7.15. The van der Waals surface area contributed by atoms with Crippen molar-refractivity contribution in [2.45, 2.75) is 18.8 Å². The second-order valence-corrected chi connectivity index (χ2v) is 4.15. The highest BCUT2D eigenvalue weighted by Gasteiger charge is 2.27. The van der Waals surface area contributed by atoms with Crippen LogP contribution in [0.15, 0.2) is 11.8 Å². The van der Waals surface area contributed by atoms with Gasteiger partial charge in [-0.05, 0) is 12.8 Å². The lowest BCUT2D eigenvalue weighted by Gasteiger charge is -1.89. The molecule has 0 amide bonds. The van der Waals surface area contributed by atoms with Crippen LogP contribution in [-0.2, 0) is 0 Å². The lowest BCUT2D eigenvalue weighted by Crippen LogP contribution is -1.88. The maximum absolute atomic E-state index is 8.49. The molecule has 6 heteroatoms. The van der Waals surface area contributed by atoms with Crippen LogP contribution in [0, 0.1) is 22.7 Å². The molecule has 0 bridgehead atoms. The zero-order valence-corrected chi connectivity index (χ0v) is 8.58. The second kappa shape index (κ2) is 4.07. The van der Waals surface area contributed by atoms with E-state index < -0.39 is 0 Å². The smallest absolute Gasteiger partial charge is 0.209 e. The van der Waals surface area contributed by atoms with Gasteiger partial charge in [-0.2, -0.15) is 10.5 Å². The van der Waals surface area contributed by atoms with Crippen molar-refractivity contribution in [2.24, 2.45) is 0 Å². The van der Waals surface area contributed by atoms with E-state index in [-0.39, 0.29) is 5.57 Å². The predicted molar refractivity (Wildman–Crippen MR) is 54.8 cm³/mol. The molecule has 0 aromatic carbocycles. The first-order valence-corrected chi connectivity index (χ1v) is 5.25. The lowest BCUT2D eigenvalue weighted by atomic mass is 10.4. The molecule has 0 unspecified atom stereocenters. The van der Waals surface area contributed by atoms with Gasteiger partial charge < -0.3 is 5.32 Å². The van der Waals surface area contributed by atoms with E-state index in [2.05, 4.69) is 15.5 Å². The molecule has 1 N–H and O–H groups in total. The van der Waals surface area contributed by atoms with Crippen LogP contribution in [0.25, 0.3) is 0 Å². The fraction of sp³-hybridized carbons (Fsp3) is 0.333. The molecular formula is C9H7N5S. The lowest BCUT2D eigenvalue weighted by molar-refractivity contribution is 0.977. The summed E-state index contributed by atoms with van der Waals surface area (Å²) in [6, 6.07) is 3.52. The standard InChI is InChI=1S/C9H7N5S/c10-3-6(4-11)5-12-9-14-13-8(15-9)7-1-2-7/h5,7H,1-2H2,(H,12,14). The Morgan fingerprint density at radius 2 is 2.13 bits per heavy atom. The number of aromatic nitrogens is 2. The van der Waals surface area contributed by atoms with Gasteiger partial charge in [0.1, 0.15) is 22.7 Å². The maximum Gasteiger partial charge on any atom is 0.209 e. The number of rotatable bonds is 3. The van der Waals surface area contributed by atoms with Gasteiger partial charge >= 0.3 is 0 Å². The summed E-state index contributed by atoms with van der Waals surface area (Å²) < 4.78 is 0. The summed E-state index contributed by atoms with van der Waals surface area (Å²) in [4.78, 5) is 0. The number of hydrogen-bond donors (Lipinski definition) is 1. The molecule has 2 rings (SSSR count). The first-order chi connectivity index (χ1) is 7.33. The zero-order chi connectivity index (χ0) is 10.7. The van der Waals surface area contributed by atoms with E-state index in [1.165, 1.54) is 30.4 Å². The van der Waals surface area contributed by atoms with Gasteiger partial charge in [-0.15, -0.1) is 10.2 Å². The Morgan fingerprint density at radius 3 is 2.73 bits per heavy atom. The van der Waals surface area contributed by atoms with Gasteiger partial charge in [0.05, 0.1) is 0 Å². The topological polar surface area (TPSA) is 85.4 Å². The van der Waals surface area contributed by atoms with Gasteiger partial charge in [-0.1, -0.05) is 11.3 Å². The summed E-state index contributed by atoms with van der Waals surface area (Å²) in [7, 11) is 0. The molecule has 0 aliphatic heterocycles. The van der Waals surface area contributed by atoms with Gasteiger partial charge in [0, 0.05) is 12.1 Å². The Morgan fingerprint density at radius 1 is 1.40 bits per heavy atom. The SMILES string of the molecule is N#CC(C#N)=CNc1nnc(C2CC2)s1. The summed E-state index contributed by atoms with van der Waals surface area (Å²) in [6.45, 7) is 0. The Hall–Kier alpha value is -1.92. The van der Waals surface area contributed by atoms with Crippen molar-refractivity contribution >= 4 is 16.5 Å². The van der Waals surface area contributed by atoms with Crippen LogP contribution in [0.3, 0.4) is 0 Å². The number of allylic oxidation sites excluding steroid dienone is 1. The number of hydrogen-bond acceptors (Lipinski definition) is 6. The molecule has 1 heterocycles. The number of nitriles is 2. The second-order valence-electron chi connectivity index (χ2n) is 3.15. The van der Waals surface area contributed by atoms with Crippen molar-refractivity contribution in [3.8, 4) is 12.1 Å². The van der Waals surface area contributed by atoms with E-state index in [1.54, 1.807) is 12.1 Å². The molecule has 1 aromatic rings. The Labute approximate surface area is 90.7 Å². The van der Waals surface area contributed by atoms with E-state index in [0.29, 0.717) is 11.0 Å². The average molecular weight is 217 g/mol. The van der Waals surface area contributed by atoms with E-state index in [0.717, 1.165) is 5.01 Å². The molecule has 15 heavy (non-hydrogen) atoms. The molecule has 0 saturated heterocycles. The molecule has 1 saturated carbocycles. The Bertz CT molecular complexity index is 455. The van der Waals surface area contributed by atoms with Crippen molar-refractivity contribution < 1.29 is 0 Å². The monoisotopic (exact) mass is 217 g/mol. The summed E-state index contributed by atoms with van der Waals surface area (Å²) >= 11 is 1.47. The van der Waals surface area contributed by atoms with E-state index in [1.807, 2.05) is 0 Å². The Balaban J connectivity index is 2.02. The van der Waals surface area contributed by atoms with Crippen LogP contribution in [0.5, 0.6) is 0 Å². The predicted octanol–water partition coefficient (Wildman–Crippen LogP) is 1.76. The van der Waals surface area contributed by atoms with Crippen LogP contribution in [0.2, 0.25) is 0 Å². The zero-order valence-electron chi connectivity index (χ0n) is 7.77. The van der Waals surface area contributed by atoms with E-state index in [4.69, 9.17) is 10.5 Å². The quantitative estimate of drug-likeness (QED) is 0.779. The van der Waals surface area contributed by atoms with Crippen LogP contribution in [0.4, 0.5) is 5.13 Å². The summed E-state index contributed by atoms with van der Waals surface area (Å²) in [6.07, 6.45) is 3.72. The average Bonchev–Trinajstić information content (AvgIpc) is 3.01. The first kappa shape index (κ1) is 9.63. The van der Waals surface area contributed by atoms with Crippen LogP contribution in [0.1, 0.15) is 23.8 Å². The summed E-state index contributed by atoms with van der Waals surface area (Å²) in [5.74, 6) is 0.577. The highest BCUT2D eigenvalue weighted by atomic mass is 32.1. The third kappa shape index (κ3) is 2.30. The van der Waals surface area contributed by atoms with Gasteiger partial charge in [0.25, 0.3) is 0 Å². The molecule has 5 nitrogen and oxygen atoms in total. The van der Waals surface area contributed by atoms with Crippen molar-refractivity contribution in [3.05, 3.63) is 16.8 Å². The fourth-order valence-corrected chi connectivity index (χ4v) is 1.89. The molecule has 1 aliphatic rings. The molecular weight excluding hydrogens is 210 g/mol. The molecule has 1 fully saturated rings. The largest absolute Gasteiger partial charge is 0.335 e. The third-order valence-corrected chi connectivity index (χ3v) is 2.97. The number of nitrogens with zero attached hydrogens (tertiary/aromatic N) is 4. The van der Waals surface area contributed by atoms with Crippen molar-refractivity contribution in [3.63, 3.8) is 0 Å². The number of nitrogens with one attached hydrogen (secondary N) is 1. The third-order valence-electron chi connectivity index (χ3n) is 1.95. The number of anilines is 1. The van der Waals surface area contributed by atoms with Crippen LogP contribution in [-0.4, -0.2) is 10.2 Å². The van der Waals surface area contributed by atoms with Gasteiger partial charge in [-0.25, -0.2) is 0 Å². The molecule has 0 atom stereocenters. The minimum atomic E-state index is 0.0261. The van der Waals surface area contributed by atoms with Gasteiger partial charge in [0.15, 0.2) is 0 Å². The fourth-order valence-electron chi connectivity index (χ4n) is 1.01. The first-order valence-electron chi connectivity index (χ1n) is 4.44. The minimum absolute atomic E-state index is 0.0261. The van der Waals surface area contributed by atoms with E-state index in [9.17, 15) is 0 Å². The van der Waals surface area contributed by atoms with Crippen molar-refractivity contribution in [1.29, 1.82) is 10.5 Å². The maximum atomic E-state index is 8.49. The van der Waals surface area contributed by atoms with Gasteiger partial charge in [0.2, 0.25) is 5.13 Å². The Kier molecular flexibility index (Phi) is 2.61. The normalized spacial score (nSPS) is 13.7. The molecule has 74 valence electrons. The summed E-state index contributed by atoms with van der Waals surface area (Å²) in [5.41, 5.74) is 0.0261. The van der Waals surface area contributed by atoms with E-state index >= 15 is 0 Å².